The van der Waals surface area contributed by atoms with E-state index in [2.05, 4.69) is 33.6 Å². The van der Waals surface area contributed by atoms with Crippen molar-refractivity contribution in [3.05, 3.63) is 30.1 Å². The maximum absolute atomic E-state index is 5.70. The molecular weight excluding hydrogens is 304 g/mol. The molecule has 0 bridgehead atoms. The van der Waals surface area contributed by atoms with Crippen molar-refractivity contribution in [2.45, 2.75) is 26.2 Å². The molecular formula is C18H30N4O2. The van der Waals surface area contributed by atoms with Gasteiger partial charge in [-0.2, -0.15) is 0 Å². The van der Waals surface area contributed by atoms with E-state index in [4.69, 9.17) is 9.47 Å². The lowest BCUT2D eigenvalue weighted by molar-refractivity contribution is 0.0893. The summed E-state index contributed by atoms with van der Waals surface area (Å²) in [4.78, 5) is 8.72. The average Bonchev–Trinajstić information content (AvgIpc) is 3.12. The Morgan fingerprint density at radius 1 is 1.46 bits per heavy atom. The highest BCUT2D eigenvalue weighted by molar-refractivity contribution is 5.79. The Morgan fingerprint density at radius 3 is 3.17 bits per heavy atom. The van der Waals surface area contributed by atoms with Gasteiger partial charge in [-0.25, -0.2) is 0 Å². The van der Waals surface area contributed by atoms with Crippen LogP contribution in [0.3, 0.4) is 0 Å². The highest BCUT2D eigenvalue weighted by atomic mass is 16.5. The molecule has 2 heterocycles. The molecule has 6 nitrogen and oxygen atoms in total. The smallest absolute Gasteiger partial charge is 0.191 e. The molecule has 0 aliphatic carbocycles. The van der Waals surface area contributed by atoms with Crippen LogP contribution in [0.25, 0.3) is 0 Å². The van der Waals surface area contributed by atoms with Crippen LogP contribution < -0.4 is 10.6 Å². The van der Waals surface area contributed by atoms with Crippen molar-refractivity contribution in [1.82, 2.24) is 15.6 Å². The van der Waals surface area contributed by atoms with E-state index in [1.807, 2.05) is 12.3 Å². The van der Waals surface area contributed by atoms with Crippen LogP contribution >= 0.6 is 0 Å². The molecule has 24 heavy (non-hydrogen) atoms. The van der Waals surface area contributed by atoms with Crippen molar-refractivity contribution in [2.75, 3.05) is 46.1 Å². The Bertz CT molecular complexity index is 461. The van der Waals surface area contributed by atoms with Gasteiger partial charge in [0.25, 0.3) is 0 Å². The van der Waals surface area contributed by atoms with Gasteiger partial charge in [-0.1, -0.05) is 6.07 Å². The fraction of sp³-hybridized carbons (Fsp3) is 0.667. The maximum atomic E-state index is 5.70. The first-order valence-electron chi connectivity index (χ1n) is 8.95. The van der Waals surface area contributed by atoms with Crippen LogP contribution in [0.2, 0.25) is 0 Å². The van der Waals surface area contributed by atoms with Crippen molar-refractivity contribution in [3.8, 4) is 0 Å². The van der Waals surface area contributed by atoms with Crippen molar-refractivity contribution < 1.29 is 9.47 Å². The number of aromatic nitrogens is 1. The molecule has 1 unspecified atom stereocenters. The lowest BCUT2D eigenvalue weighted by atomic mass is 10.1. The normalized spacial score (nSPS) is 17.9. The largest absolute Gasteiger partial charge is 0.381 e. The molecule has 1 atom stereocenters. The fourth-order valence-electron chi connectivity index (χ4n) is 2.54. The molecule has 0 aromatic carbocycles. The Hall–Kier alpha value is -1.66. The van der Waals surface area contributed by atoms with Crippen molar-refractivity contribution in [2.24, 2.45) is 10.9 Å². The van der Waals surface area contributed by atoms with E-state index in [0.29, 0.717) is 5.92 Å². The molecule has 0 saturated carbocycles. The number of guanidine groups is 1. The van der Waals surface area contributed by atoms with Gasteiger partial charge in [0.1, 0.15) is 0 Å². The lowest BCUT2D eigenvalue weighted by Gasteiger charge is -2.11. The van der Waals surface area contributed by atoms with Gasteiger partial charge in [0, 0.05) is 51.2 Å². The monoisotopic (exact) mass is 334 g/mol. The molecule has 2 rings (SSSR count). The predicted molar refractivity (Wildman–Crippen MR) is 96.3 cm³/mol. The summed E-state index contributed by atoms with van der Waals surface area (Å²) in [5.74, 6) is 1.45. The first-order chi connectivity index (χ1) is 11.9. The lowest BCUT2D eigenvalue weighted by Crippen LogP contribution is -2.38. The van der Waals surface area contributed by atoms with Crippen LogP contribution in [0.15, 0.2) is 29.5 Å². The van der Waals surface area contributed by atoms with Crippen LogP contribution in [0, 0.1) is 5.92 Å². The number of ether oxygens (including phenoxy) is 2. The number of nitrogens with one attached hydrogen (secondary N) is 2. The third kappa shape index (κ3) is 7.75. The van der Waals surface area contributed by atoms with Gasteiger partial charge in [-0.3, -0.25) is 9.98 Å². The number of hydrogen-bond acceptors (Lipinski definition) is 4. The van der Waals surface area contributed by atoms with Crippen molar-refractivity contribution >= 4 is 5.96 Å². The molecule has 6 heteroatoms. The molecule has 1 aliphatic heterocycles. The van der Waals surface area contributed by atoms with Gasteiger partial charge in [0.15, 0.2) is 5.96 Å². The Balaban J connectivity index is 1.57. The minimum absolute atomic E-state index is 0.583. The summed E-state index contributed by atoms with van der Waals surface area (Å²) < 4.78 is 11.0. The Kier molecular flexibility index (Phi) is 9.19. The summed E-state index contributed by atoms with van der Waals surface area (Å²) >= 11 is 0. The molecule has 2 N–H and O–H groups in total. The van der Waals surface area contributed by atoms with Crippen LogP contribution in [0.4, 0.5) is 0 Å². The van der Waals surface area contributed by atoms with Crippen LogP contribution in [-0.2, 0) is 15.9 Å². The van der Waals surface area contributed by atoms with E-state index >= 15 is 0 Å². The number of pyridine rings is 1. The fourth-order valence-corrected chi connectivity index (χ4v) is 2.54. The third-order valence-electron chi connectivity index (χ3n) is 3.87. The molecule has 1 fully saturated rings. The molecule has 0 spiro atoms. The summed E-state index contributed by atoms with van der Waals surface area (Å²) in [6.45, 7) is 7.85. The van der Waals surface area contributed by atoms with E-state index in [1.165, 1.54) is 5.56 Å². The SMILES string of the molecule is CCNC(=NCCCOCC1CCOC1)NCCc1cccnc1. The van der Waals surface area contributed by atoms with Crippen LogP contribution in [-0.4, -0.2) is 57.0 Å². The van der Waals surface area contributed by atoms with E-state index in [9.17, 15) is 0 Å². The van der Waals surface area contributed by atoms with Crippen molar-refractivity contribution in [3.63, 3.8) is 0 Å². The second-order valence-corrected chi connectivity index (χ2v) is 5.96. The maximum Gasteiger partial charge on any atom is 0.191 e. The van der Waals surface area contributed by atoms with E-state index in [1.54, 1.807) is 6.20 Å². The van der Waals surface area contributed by atoms with Gasteiger partial charge in [0.05, 0.1) is 13.2 Å². The van der Waals surface area contributed by atoms with Gasteiger partial charge in [-0.05, 0) is 37.8 Å². The van der Waals surface area contributed by atoms with E-state index in [0.717, 1.165) is 71.3 Å². The van der Waals surface area contributed by atoms with Crippen LogP contribution in [0.1, 0.15) is 25.3 Å². The predicted octanol–water partition coefficient (Wildman–Crippen LogP) is 1.62. The molecule has 1 aromatic heterocycles. The highest BCUT2D eigenvalue weighted by Gasteiger charge is 2.15. The van der Waals surface area contributed by atoms with E-state index < -0.39 is 0 Å². The standard InChI is InChI=1S/C18H30N4O2/c1-2-20-18(22-10-6-16-5-3-8-19-13-16)21-9-4-11-23-14-17-7-12-24-15-17/h3,5,8,13,17H,2,4,6-7,9-12,14-15H2,1H3,(H2,20,21,22). The molecule has 0 radical (unpaired) electrons. The molecule has 134 valence electrons. The third-order valence-corrected chi connectivity index (χ3v) is 3.87. The Morgan fingerprint density at radius 2 is 2.42 bits per heavy atom. The van der Waals surface area contributed by atoms with Gasteiger partial charge < -0.3 is 20.1 Å². The molecule has 0 amide bonds. The molecule has 1 aliphatic rings. The molecule has 1 saturated heterocycles. The first kappa shape index (κ1) is 18.7. The quantitative estimate of drug-likeness (QED) is 0.387. The first-order valence-corrected chi connectivity index (χ1v) is 8.95. The second-order valence-electron chi connectivity index (χ2n) is 5.96. The number of rotatable bonds is 10. The van der Waals surface area contributed by atoms with Crippen LogP contribution in [0.5, 0.6) is 0 Å². The molecule has 1 aromatic rings. The zero-order valence-corrected chi connectivity index (χ0v) is 14.7. The summed E-state index contributed by atoms with van der Waals surface area (Å²) in [5, 5.41) is 6.63. The summed E-state index contributed by atoms with van der Waals surface area (Å²) in [5.41, 5.74) is 1.23. The number of hydrogen-bond donors (Lipinski definition) is 2. The average molecular weight is 334 g/mol. The number of nitrogens with zero attached hydrogens (tertiary/aromatic N) is 2. The second kappa shape index (κ2) is 11.8. The van der Waals surface area contributed by atoms with Gasteiger partial charge in [-0.15, -0.1) is 0 Å². The highest BCUT2D eigenvalue weighted by Crippen LogP contribution is 2.12. The Labute approximate surface area is 145 Å². The van der Waals surface area contributed by atoms with Crippen molar-refractivity contribution in [1.29, 1.82) is 0 Å². The topological polar surface area (TPSA) is 67.8 Å². The number of aliphatic imine (C=N–C) groups is 1. The zero-order chi connectivity index (χ0) is 16.9. The summed E-state index contributed by atoms with van der Waals surface area (Å²) in [7, 11) is 0. The minimum Gasteiger partial charge on any atom is -0.381 e. The van der Waals surface area contributed by atoms with Gasteiger partial charge in [0.2, 0.25) is 0 Å². The zero-order valence-electron chi connectivity index (χ0n) is 14.7. The van der Waals surface area contributed by atoms with E-state index in [-0.39, 0.29) is 0 Å². The minimum atomic E-state index is 0.583. The van der Waals surface area contributed by atoms with Gasteiger partial charge >= 0.3 is 0 Å². The summed E-state index contributed by atoms with van der Waals surface area (Å²) in [6.07, 6.45) is 6.70. The summed E-state index contributed by atoms with van der Waals surface area (Å²) in [6, 6.07) is 4.05.